The molecule has 34 heavy (non-hydrogen) atoms. The van der Waals surface area contributed by atoms with Gasteiger partial charge in [-0.05, 0) is 42.8 Å². The standard InChI is InChI=1S/C26H23N5O3/c1-14-8-17(12-33-14)15-4-6-18-22(13-34-23(18)10-15)30(2)26(32)16-5-7-21-19(9-16)24-20(25(27)29-21)11-28-31(24)3/h4-12,22H,13H2,1-3H3,(H2,27,29)/t22-/m1/s1. The van der Waals surface area contributed by atoms with E-state index in [-0.39, 0.29) is 11.9 Å². The van der Waals surface area contributed by atoms with Crippen LogP contribution >= 0.6 is 0 Å². The summed E-state index contributed by atoms with van der Waals surface area (Å²) in [4.78, 5) is 19.7. The third-order valence-electron chi connectivity index (χ3n) is 6.58. The fourth-order valence-corrected chi connectivity index (χ4v) is 4.72. The largest absolute Gasteiger partial charge is 0.491 e. The van der Waals surface area contributed by atoms with Gasteiger partial charge in [0.25, 0.3) is 5.91 Å². The van der Waals surface area contributed by atoms with Crippen molar-refractivity contribution >= 4 is 33.5 Å². The minimum absolute atomic E-state index is 0.0926. The molecule has 0 radical (unpaired) electrons. The molecule has 0 saturated carbocycles. The highest BCUT2D eigenvalue weighted by Crippen LogP contribution is 2.39. The van der Waals surface area contributed by atoms with Crippen LogP contribution in [-0.2, 0) is 7.05 Å². The molecule has 0 aliphatic carbocycles. The molecule has 6 rings (SSSR count). The number of anilines is 1. The average Bonchev–Trinajstić information content (AvgIpc) is 3.56. The third-order valence-corrected chi connectivity index (χ3v) is 6.58. The van der Waals surface area contributed by atoms with Gasteiger partial charge in [-0.1, -0.05) is 12.1 Å². The van der Waals surface area contributed by atoms with E-state index in [2.05, 4.69) is 10.1 Å². The first-order chi connectivity index (χ1) is 16.4. The number of carbonyl (C=O) groups is 1. The van der Waals surface area contributed by atoms with Crippen LogP contribution in [0.15, 0.2) is 59.3 Å². The Kier molecular flexibility index (Phi) is 4.38. The van der Waals surface area contributed by atoms with Crippen molar-refractivity contribution in [1.29, 1.82) is 0 Å². The second-order valence-electron chi connectivity index (χ2n) is 8.70. The Morgan fingerprint density at radius 1 is 1.15 bits per heavy atom. The third kappa shape index (κ3) is 3.02. The van der Waals surface area contributed by atoms with Crippen LogP contribution in [0, 0.1) is 6.92 Å². The fourth-order valence-electron chi connectivity index (χ4n) is 4.72. The number of hydrogen-bond acceptors (Lipinski definition) is 6. The van der Waals surface area contributed by atoms with Crippen molar-refractivity contribution in [2.75, 3.05) is 19.4 Å². The van der Waals surface area contributed by atoms with Gasteiger partial charge in [-0.25, -0.2) is 4.98 Å². The van der Waals surface area contributed by atoms with Gasteiger partial charge in [-0.2, -0.15) is 5.10 Å². The number of nitrogens with two attached hydrogens (primary N) is 1. The molecule has 0 fully saturated rings. The summed E-state index contributed by atoms with van der Waals surface area (Å²) in [7, 11) is 3.66. The molecule has 5 aromatic rings. The van der Waals surface area contributed by atoms with Gasteiger partial charge in [-0.3, -0.25) is 9.48 Å². The Balaban J connectivity index is 1.34. The molecule has 1 atom stereocenters. The molecule has 3 aromatic heterocycles. The Bertz CT molecular complexity index is 1600. The zero-order chi connectivity index (χ0) is 23.6. The molecule has 1 aliphatic rings. The fraction of sp³-hybridized carbons (Fsp3) is 0.192. The number of aromatic nitrogens is 3. The summed E-state index contributed by atoms with van der Waals surface area (Å²) < 4.78 is 13.2. The van der Waals surface area contributed by atoms with E-state index < -0.39 is 0 Å². The molecule has 0 spiro atoms. The van der Waals surface area contributed by atoms with Crippen LogP contribution in [0.2, 0.25) is 0 Å². The monoisotopic (exact) mass is 453 g/mol. The average molecular weight is 454 g/mol. The van der Waals surface area contributed by atoms with Crippen molar-refractivity contribution in [1.82, 2.24) is 19.7 Å². The maximum atomic E-state index is 13.5. The van der Waals surface area contributed by atoms with Gasteiger partial charge in [0.15, 0.2) is 0 Å². The Morgan fingerprint density at radius 2 is 2.00 bits per heavy atom. The second kappa shape index (κ2) is 7.34. The van der Waals surface area contributed by atoms with E-state index >= 15 is 0 Å². The highest BCUT2D eigenvalue weighted by Gasteiger charge is 2.31. The summed E-state index contributed by atoms with van der Waals surface area (Å²) >= 11 is 0. The molecule has 0 saturated heterocycles. The van der Waals surface area contributed by atoms with E-state index in [9.17, 15) is 4.79 Å². The second-order valence-corrected chi connectivity index (χ2v) is 8.70. The molecular weight excluding hydrogens is 430 g/mol. The van der Waals surface area contributed by atoms with Gasteiger partial charge in [0.1, 0.15) is 23.9 Å². The lowest BCUT2D eigenvalue weighted by atomic mass is 10.0. The molecular formula is C26H23N5O3. The van der Waals surface area contributed by atoms with Crippen molar-refractivity contribution in [3.63, 3.8) is 0 Å². The van der Waals surface area contributed by atoms with Gasteiger partial charge in [0.05, 0.1) is 34.9 Å². The number of rotatable bonds is 3. The maximum Gasteiger partial charge on any atom is 0.254 e. The number of aryl methyl sites for hydroxylation is 2. The number of amides is 1. The van der Waals surface area contributed by atoms with Gasteiger partial charge < -0.3 is 19.8 Å². The lowest BCUT2D eigenvalue weighted by Crippen LogP contribution is -2.32. The topological polar surface area (TPSA) is 99.4 Å². The van der Waals surface area contributed by atoms with Crippen LogP contribution in [0.1, 0.15) is 27.7 Å². The van der Waals surface area contributed by atoms with E-state index in [0.717, 1.165) is 50.0 Å². The van der Waals surface area contributed by atoms with Gasteiger partial charge in [0.2, 0.25) is 0 Å². The Labute approximate surface area is 195 Å². The number of likely N-dealkylation sites (N-methyl/N-ethyl adjacent to an activating group) is 1. The highest BCUT2D eigenvalue weighted by molar-refractivity contribution is 6.10. The van der Waals surface area contributed by atoms with Crippen LogP contribution < -0.4 is 10.5 Å². The zero-order valence-corrected chi connectivity index (χ0v) is 19.1. The van der Waals surface area contributed by atoms with E-state index in [0.29, 0.717) is 18.0 Å². The van der Waals surface area contributed by atoms with Crippen LogP contribution in [0.5, 0.6) is 5.75 Å². The smallest absolute Gasteiger partial charge is 0.254 e. The summed E-state index contributed by atoms with van der Waals surface area (Å²) in [5.74, 6) is 1.98. The summed E-state index contributed by atoms with van der Waals surface area (Å²) in [6.45, 7) is 2.32. The lowest BCUT2D eigenvalue weighted by Gasteiger charge is -2.24. The molecule has 2 N–H and O–H groups in total. The number of ether oxygens (including phenoxy) is 1. The number of fused-ring (bicyclic) bond motifs is 4. The molecule has 0 bridgehead atoms. The lowest BCUT2D eigenvalue weighted by molar-refractivity contribution is 0.0708. The highest BCUT2D eigenvalue weighted by atomic mass is 16.5. The molecule has 1 amide bonds. The van der Waals surface area contributed by atoms with Crippen LogP contribution in [0.4, 0.5) is 5.82 Å². The maximum absolute atomic E-state index is 13.5. The summed E-state index contributed by atoms with van der Waals surface area (Å²) in [5, 5.41) is 5.93. The van der Waals surface area contributed by atoms with E-state index in [1.807, 2.05) is 57.4 Å². The van der Waals surface area contributed by atoms with Gasteiger partial charge >= 0.3 is 0 Å². The minimum Gasteiger partial charge on any atom is -0.491 e. The summed E-state index contributed by atoms with van der Waals surface area (Å²) in [5.41, 5.74) is 11.3. The molecule has 8 nitrogen and oxygen atoms in total. The molecule has 2 aromatic carbocycles. The van der Waals surface area contributed by atoms with Crippen LogP contribution in [0.25, 0.3) is 32.9 Å². The summed E-state index contributed by atoms with van der Waals surface area (Å²) in [6.07, 6.45) is 3.43. The summed E-state index contributed by atoms with van der Waals surface area (Å²) in [6, 6.07) is 13.4. The van der Waals surface area contributed by atoms with Gasteiger partial charge in [0, 0.05) is 36.2 Å². The van der Waals surface area contributed by atoms with Crippen molar-refractivity contribution in [3.8, 4) is 16.9 Å². The molecule has 4 heterocycles. The molecule has 0 unspecified atom stereocenters. The van der Waals surface area contributed by atoms with Gasteiger partial charge in [-0.15, -0.1) is 0 Å². The predicted molar refractivity (Wildman–Crippen MR) is 130 cm³/mol. The van der Waals surface area contributed by atoms with Crippen molar-refractivity contribution < 1.29 is 13.9 Å². The first-order valence-corrected chi connectivity index (χ1v) is 11.0. The molecule has 1 aliphatic heterocycles. The van der Waals surface area contributed by atoms with Crippen molar-refractivity contribution in [3.05, 3.63) is 71.8 Å². The number of hydrogen-bond donors (Lipinski definition) is 1. The van der Waals surface area contributed by atoms with Crippen LogP contribution in [-0.4, -0.2) is 39.2 Å². The van der Waals surface area contributed by atoms with Crippen molar-refractivity contribution in [2.45, 2.75) is 13.0 Å². The number of nitrogens with zero attached hydrogens (tertiary/aromatic N) is 4. The Hall–Kier alpha value is -4.33. The Morgan fingerprint density at radius 3 is 2.79 bits per heavy atom. The molecule has 170 valence electrons. The van der Waals surface area contributed by atoms with Crippen LogP contribution in [0.3, 0.4) is 0 Å². The predicted octanol–water partition coefficient (Wildman–Crippen LogP) is 4.48. The first-order valence-electron chi connectivity index (χ1n) is 11.0. The quantitative estimate of drug-likeness (QED) is 0.432. The molecule has 8 heteroatoms. The SMILES string of the molecule is Cc1cc(-c2ccc3c(c2)OC[C@H]3N(C)C(=O)c2ccc3nc(N)c4cnn(C)c4c3c2)co1. The van der Waals surface area contributed by atoms with E-state index in [4.69, 9.17) is 14.9 Å². The number of pyridine rings is 1. The minimum atomic E-state index is -0.181. The zero-order valence-electron chi connectivity index (χ0n) is 19.1. The number of benzene rings is 2. The number of furan rings is 1. The first kappa shape index (κ1) is 20.3. The number of nitrogen functional groups attached to an aromatic ring is 1. The van der Waals surface area contributed by atoms with E-state index in [1.165, 1.54) is 0 Å². The van der Waals surface area contributed by atoms with E-state index in [1.54, 1.807) is 28.1 Å². The normalized spacial score (nSPS) is 15.0. The number of carbonyl (C=O) groups excluding carboxylic acids is 1. The van der Waals surface area contributed by atoms with Crippen molar-refractivity contribution in [2.24, 2.45) is 7.05 Å².